The maximum atomic E-state index is 3.76. The van der Waals surface area contributed by atoms with Gasteiger partial charge in [0.15, 0.2) is 0 Å². The third-order valence-corrected chi connectivity index (χ3v) is 5.77. The van der Waals surface area contributed by atoms with Gasteiger partial charge in [0.05, 0.1) is 0 Å². The topological polar surface area (TPSA) is 0 Å². The molecule has 1 aromatic carbocycles. The van der Waals surface area contributed by atoms with Crippen molar-refractivity contribution in [3.05, 3.63) is 43.0 Å². The van der Waals surface area contributed by atoms with Crippen LogP contribution in [0.1, 0.15) is 0 Å². The van der Waals surface area contributed by atoms with Gasteiger partial charge in [0, 0.05) is 0 Å². The van der Waals surface area contributed by atoms with Gasteiger partial charge in [-0.2, -0.15) is 0 Å². The SMILES string of the molecule is C=CC[As](C)c1ccccc1. The predicted octanol–water partition coefficient (Wildman–Crippen LogP) is 2.20. The molecule has 0 saturated carbocycles. The van der Waals surface area contributed by atoms with E-state index in [1.165, 1.54) is 5.21 Å². The second-order valence-electron chi connectivity index (χ2n) is 2.50. The third-order valence-electron chi connectivity index (χ3n) is 1.60. The van der Waals surface area contributed by atoms with Crippen molar-refractivity contribution in [3.8, 4) is 0 Å². The van der Waals surface area contributed by atoms with Crippen molar-refractivity contribution in [1.29, 1.82) is 0 Å². The quantitative estimate of drug-likeness (QED) is 0.527. The fraction of sp³-hybridized carbons (Fsp3) is 0.200. The molecule has 1 heteroatoms. The van der Waals surface area contributed by atoms with Crippen molar-refractivity contribution in [3.63, 3.8) is 0 Å². The Bertz CT molecular complexity index is 216. The molecule has 0 bridgehead atoms. The maximum absolute atomic E-state index is 3.76. The number of benzene rings is 1. The molecule has 0 radical (unpaired) electrons. The Kier molecular flexibility index (Phi) is 3.45. The molecule has 0 aromatic heterocycles. The van der Waals surface area contributed by atoms with Crippen LogP contribution < -0.4 is 4.35 Å². The van der Waals surface area contributed by atoms with E-state index in [0.717, 1.165) is 0 Å². The second-order valence-corrected chi connectivity index (χ2v) is 7.28. The zero-order valence-corrected chi connectivity index (χ0v) is 8.70. The molecule has 0 amide bonds. The van der Waals surface area contributed by atoms with Gasteiger partial charge < -0.3 is 0 Å². The molecule has 0 spiro atoms. The Morgan fingerprint density at radius 1 is 1.36 bits per heavy atom. The van der Waals surface area contributed by atoms with E-state index in [4.69, 9.17) is 0 Å². The van der Waals surface area contributed by atoms with Crippen LogP contribution in [-0.4, -0.2) is 14.7 Å². The van der Waals surface area contributed by atoms with E-state index >= 15 is 0 Å². The summed E-state index contributed by atoms with van der Waals surface area (Å²) < 4.78 is 1.54. The van der Waals surface area contributed by atoms with Gasteiger partial charge in [-0.1, -0.05) is 0 Å². The van der Waals surface area contributed by atoms with Crippen LogP contribution in [0, 0.1) is 0 Å². The zero-order valence-electron chi connectivity index (χ0n) is 6.83. The van der Waals surface area contributed by atoms with E-state index in [1.54, 1.807) is 4.35 Å². The molecule has 0 aliphatic carbocycles. The summed E-state index contributed by atoms with van der Waals surface area (Å²) in [6.07, 6.45) is 2.03. The summed E-state index contributed by atoms with van der Waals surface area (Å²) in [6.45, 7) is 3.76. The molecule has 1 rings (SSSR count). The van der Waals surface area contributed by atoms with E-state index in [1.807, 2.05) is 6.08 Å². The van der Waals surface area contributed by atoms with Crippen LogP contribution in [0.15, 0.2) is 43.0 Å². The normalized spacial score (nSPS) is 12.5. The average molecular weight is 208 g/mol. The molecule has 0 nitrogen and oxygen atoms in total. The molecule has 0 fully saturated rings. The number of allylic oxidation sites excluding steroid dienone is 1. The molecule has 0 heterocycles. The number of rotatable bonds is 3. The Hall–Kier alpha value is -0.482. The summed E-state index contributed by atoms with van der Waals surface area (Å²) >= 11 is -0.743. The van der Waals surface area contributed by atoms with Crippen LogP contribution in [-0.2, 0) is 0 Å². The Morgan fingerprint density at radius 2 is 2.00 bits per heavy atom. The van der Waals surface area contributed by atoms with Crippen molar-refractivity contribution in [1.82, 2.24) is 0 Å². The summed E-state index contributed by atoms with van der Waals surface area (Å²) in [4.78, 5) is 0. The molecule has 58 valence electrons. The van der Waals surface area contributed by atoms with Crippen molar-refractivity contribution >= 4 is 19.0 Å². The summed E-state index contributed by atoms with van der Waals surface area (Å²) in [5.41, 5.74) is 2.37. The van der Waals surface area contributed by atoms with Crippen molar-refractivity contribution in [2.24, 2.45) is 0 Å². The van der Waals surface area contributed by atoms with E-state index in [9.17, 15) is 0 Å². The molecule has 11 heavy (non-hydrogen) atoms. The first-order valence-electron chi connectivity index (χ1n) is 3.71. The van der Waals surface area contributed by atoms with E-state index in [2.05, 4.69) is 42.6 Å². The van der Waals surface area contributed by atoms with E-state index in [-0.39, 0.29) is 0 Å². The Labute approximate surface area is 73.2 Å². The average Bonchev–Trinajstić information content (AvgIpc) is 2.07. The summed E-state index contributed by atoms with van der Waals surface area (Å²) in [5, 5.41) is 1.21. The van der Waals surface area contributed by atoms with Crippen molar-refractivity contribution in [2.45, 2.75) is 10.9 Å². The zero-order chi connectivity index (χ0) is 8.10. The monoisotopic (exact) mass is 208 g/mol. The fourth-order valence-corrected chi connectivity index (χ4v) is 3.67. The summed E-state index contributed by atoms with van der Waals surface area (Å²) in [7, 11) is 0. The molecule has 0 saturated heterocycles. The third kappa shape index (κ3) is 2.55. The van der Waals surface area contributed by atoms with Gasteiger partial charge in [-0.3, -0.25) is 0 Å². The first-order chi connectivity index (χ1) is 5.34. The molecule has 0 N–H and O–H groups in total. The van der Waals surface area contributed by atoms with E-state index in [0.29, 0.717) is 0 Å². The van der Waals surface area contributed by atoms with Gasteiger partial charge in [-0.15, -0.1) is 0 Å². The first kappa shape index (κ1) is 8.61. The minimum absolute atomic E-state index is 0.743. The van der Waals surface area contributed by atoms with Crippen molar-refractivity contribution in [2.75, 3.05) is 0 Å². The Balaban J connectivity index is 2.68. The van der Waals surface area contributed by atoms with Gasteiger partial charge in [-0.05, 0) is 0 Å². The molecule has 0 aliphatic heterocycles. The molecular weight excluding hydrogens is 195 g/mol. The standard InChI is InChI=1S/C10H13As/c1-3-9-11(2)10-7-5-4-6-8-10/h3-8H,1,9H2,2H3. The van der Waals surface area contributed by atoms with Crippen LogP contribution >= 0.6 is 0 Å². The summed E-state index contributed by atoms with van der Waals surface area (Å²) in [5.74, 6) is 0. The Morgan fingerprint density at radius 3 is 2.55 bits per heavy atom. The van der Waals surface area contributed by atoms with Gasteiger partial charge in [0.25, 0.3) is 0 Å². The summed E-state index contributed by atoms with van der Waals surface area (Å²) in [6, 6.07) is 10.7. The van der Waals surface area contributed by atoms with Crippen LogP contribution in [0.3, 0.4) is 0 Å². The van der Waals surface area contributed by atoms with Gasteiger partial charge in [0.1, 0.15) is 0 Å². The van der Waals surface area contributed by atoms with Crippen LogP contribution in [0.2, 0.25) is 10.9 Å². The van der Waals surface area contributed by atoms with Crippen molar-refractivity contribution < 1.29 is 0 Å². The number of hydrogen-bond acceptors (Lipinski definition) is 0. The van der Waals surface area contributed by atoms with Gasteiger partial charge in [-0.25, -0.2) is 0 Å². The van der Waals surface area contributed by atoms with E-state index < -0.39 is 14.7 Å². The van der Waals surface area contributed by atoms with Crippen LogP contribution in [0.4, 0.5) is 0 Å². The molecule has 1 aromatic rings. The fourth-order valence-electron chi connectivity index (χ4n) is 0.982. The minimum atomic E-state index is -0.743. The molecular formula is C10H13As. The molecule has 1 unspecified atom stereocenters. The number of hydrogen-bond donors (Lipinski definition) is 0. The second kappa shape index (κ2) is 4.41. The van der Waals surface area contributed by atoms with Gasteiger partial charge in [0.2, 0.25) is 0 Å². The molecule has 0 aliphatic rings. The molecule has 1 atom stereocenters. The van der Waals surface area contributed by atoms with Gasteiger partial charge >= 0.3 is 72.9 Å². The first-order valence-corrected chi connectivity index (χ1v) is 7.86. The van der Waals surface area contributed by atoms with Crippen LogP contribution in [0.25, 0.3) is 0 Å². The van der Waals surface area contributed by atoms with Crippen LogP contribution in [0.5, 0.6) is 0 Å². The predicted molar refractivity (Wildman–Crippen MR) is 52.7 cm³/mol.